The molecule has 7 nitrogen and oxygen atoms in total. The van der Waals surface area contributed by atoms with Gasteiger partial charge in [0.15, 0.2) is 5.96 Å². The highest BCUT2D eigenvalue weighted by molar-refractivity contribution is 14.0. The van der Waals surface area contributed by atoms with Crippen LogP contribution < -0.4 is 10.6 Å². The van der Waals surface area contributed by atoms with E-state index < -0.39 is 22.6 Å². The van der Waals surface area contributed by atoms with Crippen LogP contribution in [0.5, 0.6) is 0 Å². The average Bonchev–Trinajstić information content (AvgIpc) is 3.23. The summed E-state index contributed by atoms with van der Waals surface area (Å²) in [7, 11) is 0. The van der Waals surface area contributed by atoms with E-state index in [2.05, 4.69) is 15.6 Å². The van der Waals surface area contributed by atoms with Crippen molar-refractivity contribution in [2.24, 2.45) is 10.9 Å². The zero-order valence-corrected chi connectivity index (χ0v) is 19.3. The maximum Gasteiger partial charge on any atom is 0.269 e. The molecule has 2 unspecified atom stereocenters. The van der Waals surface area contributed by atoms with Crippen molar-refractivity contribution in [3.05, 3.63) is 75.3 Å². The Hall–Kier alpha value is -2.34. The smallest absolute Gasteiger partial charge is 0.269 e. The van der Waals surface area contributed by atoms with Gasteiger partial charge in [0, 0.05) is 42.8 Å². The third kappa shape index (κ3) is 7.39. The predicted molar refractivity (Wildman–Crippen MR) is 124 cm³/mol. The van der Waals surface area contributed by atoms with E-state index in [1.165, 1.54) is 24.3 Å². The molecule has 1 aliphatic heterocycles. The van der Waals surface area contributed by atoms with Crippen LogP contribution in [0.25, 0.3) is 0 Å². The van der Waals surface area contributed by atoms with Gasteiger partial charge in [0.2, 0.25) is 0 Å². The number of benzene rings is 2. The maximum atomic E-state index is 14.1. The van der Waals surface area contributed by atoms with Gasteiger partial charge in [-0.2, -0.15) is 0 Å². The van der Waals surface area contributed by atoms with Crippen LogP contribution in [0.2, 0.25) is 0 Å². The molecule has 1 heterocycles. The van der Waals surface area contributed by atoms with Crippen molar-refractivity contribution >= 4 is 35.6 Å². The van der Waals surface area contributed by atoms with Gasteiger partial charge >= 0.3 is 0 Å². The lowest BCUT2D eigenvalue weighted by Crippen LogP contribution is -2.41. The van der Waals surface area contributed by atoms with Crippen LogP contribution in [0, 0.1) is 27.7 Å². The lowest BCUT2D eigenvalue weighted by molar-refractivity contribution is -0.384. The SMILES string of the molecule is CC(NC(=NCc1ccc([N+](=O)[O-])cc1)NCC1CCOC1)c1ccc(F)cc1F.I. The van der Waals surface area contributed by atoms with E-state index in [-0.39, 0.29) is 36.2 Å². The van der Waals surface area contributed by atoms with Crippen molar-refractivity contribution in [1.29, 1.82) is 0 Å². The molecule has 2 aromatic rings. The third-order valence-corrected chi connectivity index (χ3v) is 4.93. The number of nitrogens with zero attached hydrogens (tertiary/aromatic N) is 2. The fourth-order valence-electron chi connectivity index (χ4n) is 3.17. The van der Waals surface area contributed by atoms with Crippen LogP contribution >= 0.6 is 24.0 Å². The summed E-state index contributed by atoms with van der Waals surface area (Å²) in [4.78, 5) is 14.9. The summed E-state index contributed by atoms with van der Waals surface area (Å²) in [6, 6.07) is 9.17. The Morgan fingerprint density at radius 2 is 2.03 bits per heavy atom. The number of hydrogen-bond donors (Lipinski definition) is 2. The van der Waals surface area contributed by atoms with Gasteiger partial charge in [-0.05, 0) is 25.0 Å². The molecule has 0 radical (unpaired) electrons. The Kier molecular flexibility index (Phi) is 9.56. The van der Waals surface area contributed by atoms with E-state index in [9.17, 15) is 18.9 Å². The second-order valence-electron chi connectivity index (χ2n) is 7.23. The van der Waals surface area contributed by atoms with E-state index in [0.29, 0.717) is 30.6 Å². The quantitative estimate of drug-likeness (QED) is 0.178. The lowest BCUT2D eigenvalue weighted by atomic mass is 10.1. The fourth-order valence-corrected chi connectivity index (χ4v) is 3.17. The molecule has 1 fully saturated rings. The molecule has 0 amide bonds. The molecule has 0 saturated carbocycles. The van der Waals surface area contributed by atoms with E-state index in [1.54, 1.807) is 19.1 Å². The molecule has 2 N–H and O–H groups in total. The number of ether oxygens (including phenoxy) is 1. The molecule has 168 valence electrons. The van der Waals surface area contributed by atoms with Gasteiger partial charge in [0.05, 0.1) is 24.1 Å². The Bertz CT molecular complexity index is 906. The van der Waals surface area contributed by atoms with Crippen LogP contribution in [0.3, 0.4) is 0 Å². The number of aliphatic imine (C=N–C) groups is 1. The number of nitro groups is 1. The minimum Gasteiger partial charge on any atom is -0.381 e. The van der Waals surface area contributed by atoms with Crippen LogP contribution in [-0.4, -0.2) is 30.6 Å². The molecule has 3 rings (SSSR count). The van der Waals surface area contributed by atoms with Crippen molar-refractivity contribution in [1.82, 2.24) is 10.6 Å². The summed E-state index contributed by atoms with van der Waals surface area (Å²) >= 11 is 0. The summed E-state index contributed by atoms with van der Waals surface area (Å²) in [5.74, 6) is -0.436. The summed E-state index contributed by atoms with van der Waals surface area (Å²) in [6.07, 6.45) is 0.949. The molecule has 1 aliphatic rings. The number of nitrogens with one attached hydrogen (secondary N) is 2. The molecule has 10 heteroatoms. The lowest BCUT2D eigenvalue weighted by Gasteiger charge is -2.20. The fraction of sp³-hybridized carbons (Fsp3) is 0.381. The van der Waals surface area contributed by atoms with E-state index in [4.69, 9.17) is 4.74 Å². The van der Waals surface area contributed by atoms with Gasteiger partial charge in [0.1, 0.15) is 11.6 Å². The first-order valence-corrected chi connectivity index (χ1v) is 9.73. The summed E-state index contributed by atoms with van der Waals surface area (Å²) < 4.78 is 32.7. The molecule has 2 aromatic carbocycles. The zero-order valence-electron chi connectivity index (χ0n) is 17.0. The standard InChI is InChI=1S/C21H24F2N4O3.HI/c1-14(19-7-4-17(22)10-20(19)23)26-21(25-12-16-8-9-30-13-16)24-11-15-2-5-18(6-3-15)27(28)29;/h2-7,10,14,16H,8-9,11-13H2,1H3,(H2,24,25,26);1H. The van der Waals surface area contributed by atoms with E-state index in [0.717, 1.165) is 24.7 Å². The van der Waals surface area contributed by atoms with Crippen molar-refractivity contribution in [3.63, 3.8) is 0 Å². The van der Waals surface area contributed by atoms with E-state index in [1.807, 2.05) is 0 Å². The minimum absolute atomic E-state index is 0. The topological polar surface area (TPSA) is 88.8 Å². The monoisotopic (exact) mass is 546 g/mol. The normalized spacial score (nSPS) is 17.0. The third-order valence-electron chi connectivity index (χ3n) is 4.93. The number of rotatable bonds is 7. The van der Waals surface area contributed by atoms with Gasteiger partial charge in [0.25, 0.3) is 5.69 Å². The van der Waals surface area contributed by atoms with Gasteiger partial charge in [-0.3, -0.25) is 10.1 Å². The summed E-state index contributed by atoms with van der Waals surface area (Å²) in [6.45, 7) is 4.09. The highest BCUT2D eigenvalue weighted by atomic mass is 127. The predicted octanol–water partition coefficient (Wildman–Crippen LogP) is 4.32. The van der Waals surface area contributed by atoms with E-state index >= 15 is 0 Å². The second-order valence-corrected chi connectivity index (χ2v) is 7.23. The Morgan fingerprint density at radius 3 is 2.65 bits per heavy atom. The van der Waals surface area contributed by atoms with Gasteiger partial charge < -0.3 is 15.4 Å². The van der Waals surface area contributed by atoms with Crippen LogP contribution in [0.4, 0.5) is 14.5 Å². The molecule has 2 atom stereocenters. The average molecular weight is 546 g/mol. The maximum absolute atomic E-state index is 14.1. The number of halogens is 3. The Morgan fingerprint density at radius 1 is 1.29 bits per heavy atom. The van der Waals surface area contributed by atoms with Crippen molar-refractivity contribution in [2.45, 2.75) is 25.9 Å². The molecule has 0 aromatic heterocycles. The highest BCUT2D eigenvalue weighted by Crippen LogP contribution is 2.18. The molecular weight excluding hydrogens is 521 g/mol. The van der Waals surface area contributed by atoms with Crippen molar-refractivity contribution in [3.8, 4) is 0 Å². The van der Waals surface area contributed by atoms with Crippen LogP contribution in [0.1, 0.15) is 30.5 Å². The minimum atomic E-state index is -0.631. The van der Waals surface area contributed by atoms with Crippen molar-refractivity contribution in [2.75, 3.05) is 19.8 Å². The van der Waals surface area contributed by atoms with Crippen LogP contribution in [-0.2, 0) is 11.3 Å². The first-order chi connectivity index (χ1) is 14.4. The van der Waals surface area contributed by atoms with Gasteiger partial charge in [-0.1, -0.05) is 18.2 Å². The zero-order chi connectivity index (χ0) is 21.5. The molecule has 0 aliphatic carbocycles. The molecule has 31 heavy (non-hydrogen) atoms. The largest absolute Gasteiger partial charge is 0.381 e. The number of guanidine groups is 1. The van der Waals surface area contributed by atoms with Gasteiger partial charge in [-0.15, -0.1) is 24.0 Å². The first kappa shape index (κ1) is 24.9. The Balaban J connectivity index is 0.00000341. The first-order valence-electron chi connectivity index (χ1n) is 9.73. The number of nitro benzene ring substituents is 1. The molecule has 1 saturated heterocycles. The van der Waals surface area contributed by atoms with Gasteiger partial charge in [-0.25, -0.2) is 13.8 Å². The highest BCUT2D eigenvalue weighted by Gasteiger charge is 2.18. The molecule has 0 spiro atoms. The number of non-ortho nitro benzene ring substituents is 1. The van der Waals surface area contributed by atoms with Crippen molar-refractivity contribution < 1.29 is 18.4 Å². The number of hydrogen-bond acceptors (Lipinski definition) is 4. The second kappa shape index (κ2) is 11.9. The molecule has 0 bridgehead atoms. The molecular formula is C21H25F2IN4O3. The van der Waals surface area contributed by atoms with Crippen LogP contribution in [0.15, 0.2) is 47.5 Å². The Labute approximate surface area is 196 Å². The summed E-state index contributed by atoms with van der Waals surface area (Å²) in [5, 5.41) is 17.2. The summed E-state index contributed by atoms with van der Waals surface area (Å²) in [5.41, 5.74) is 1.14.